The number of rotatable bonds is 10. The number of morpholine rings is 1. The van der Waals surface area contributed by atoms with Crippen molar-refractivity contribution in [3.05, 3.63) is 18.5 Å². The van der Waals surface area contributed by atoms with Crippen LogP contribution in [-0.4, -0.2) is 85.1 Å². The van der Waals surface area contributed by atoms with Crippen LogP contribution in [0.25, 0.3) is 11.2 Å². The van der Waals surface area contributed by atoms with Gasteiger partial charge in [-0.15, -0.1) is 0 Å². The topological polar surface area (TPSA) is 108 Å². The lowest BCUT2D eigenvalue weighted by Gasteiger charge is -2.26. The first-order chi connectivity index (χ1) is 16.5. The summed E-state index contributed by atoms with van der Waals surface area (Å²) in [6.07, 6.45) is 1.79. The predicted molar refractivity (Wildman–Crippen MR) is 131 cm³/mol. The Morgan fingerprint density at radius 3 is 2.35 bits per heavy atom. The molecule has 1 aliphatic rings. The van der Waals surface area contributed by atoms with E-state index in [1.54, 1.807) is 27.7 Å². The molecule has 2 N–H and O–H groups in total. The summed E-state index contributed by atoms with van der Waals surface area (Å²) in [5.41, 5.74) is 2.17. The molecule has 4 rings (SSSR count). The highest BCUT2D eigenvalue weighted by Gasteiger charge is 2.18. The monoisotopic (exact) mass is 471 g/mol. The molecule has 0 radical (unpaired) electrons. The van der Waals surface area contributed by atoms with Crippen molar-refractivity contribution in [2.45, 2.75) is 19.9 Å². The van der Waals surface area contributed by atoms with Crippen molar-refractivity contribution in [3.8, 4) is 17.2 Å². The molecular formula is C23H33N7O4. The van der Waals surface area contributed by atoms with E-state index >= 15 is 0 Å². The zero-order chi connectivity index (χ0) is 24.1. The van der Waals surface area contributed by atoms with Crippen molar-refractivity contribution < 1.29 is 18.9 Å². The molecule has 0 atom stereocenters. The van der Waals surface area contributed by atoms with Crippen molar-refractivity contribution >= 4 is 28.6 Å². The van der Waals surface area contributed by atoms with Crippen LogP contribution < -0.4 is 24.8 Å². The number of aromatic nitrogens is 4. The van der Waals surface area contributed by atoms with E-state index in [-0.39, 0.29) is 6.04 Å². The molecular weight excluding hydrogens is 438 g/mol. The molecule has 0 unspecified atom stereocenters. The highest BCUT2D eigenvalue weighted by atomic mass is 16.5. The molecule has 11 heteroatoms. The Labute approximate surface area is 199 Å². The van der Waals surface area contributed by atoms with E-state index in [4.69, 9.17) is 28.9 Å². The van der Waals surface area contributed by atoms with Gasteiger partial charge in [0.1, 0.15) is 0 Å². The van der Waals surface area contributed by atoms with Gasteiger partial charge in [-0.05, 0) is 13.8 Å². The molecule has 3 aromatic rings. The standard InChI is InChI=1S/C23H33N7O4/c1-15(2)30-14-25-19-21(26-16-12-17(31-3)20(33-5)18(13-16)32-4)27-23(28-22(19)30)24-6-7-29-8-10-34-11-9-29/h12-15H,6-11H2,1-5H3,(H2,24,26,27,28). The maximum atomic E-state index is 5.49. The molecule has 1 aliphatic heterocycles. The smallest absolute Gasteiger partial charge is 0.226 e. The molecule has 3 heterocycles. The Hall–Kier alpha value is -3.31. The van der Waals surface area contributed by atoms with E-state index in [2.05, 4.69) is 34.4 Å². The quantitative estimate of drug-likeness (QED) is 0.458. The van der Waals surface area contributed by atoms with E-state index in [0.717, 1.165) is 50.7 Å². The van der Waals surface area contributed by atoms with Gasteiger partial charge in [0.25, 0.3) is 0 Å². The molecule has 1 saturated heterocycles. The van der Waals surface area contributed by atoms with Crippen LogP contribution in [0.3, 0.4) is 0 Å². The second-order valence-corrected chi connectivity index (χ2v) is 8.23. The number of methoxy groups -OCH3 is 3. The van der Waals surface area contributed by atoms with Crippen LogP contribution in [-0.2, 0) is 4.74 Å². The highest BCUT2D eigenvalue weighted by molar-refractivity contribution is 5.87. The van der Waals surface area contributed by atoms with Gasteiger partial charge in [0.05, 0.1) is 40.9 Å². The number of fused-ring (bicyclic) bond motifs is 1. The Morgan fingerprint density at radius 1 is 1.03 bits per heavy atom. The third-order valence-corrected chi connectivity index (χ3v) is 5.72. The fourth-order valence-corrected chi connectivity index (χ4v) is 3.90. The zero-order valence-corrected chi connectivity index (χ0v) is 20.4. The molecule has 11 nitrogen and oxygen atoms in total. The molecule has 0 saturated carbocycles. The van der Waals surface area contributed by atoms with Crippen LogP contribution in [0, 0.1) is 0 Å². The summed E-state index contributed by atoms with van der Waals surface area (Å²) >= 11 is 0. The van der Waals surface area contributed by atoms with Crippen LogP contribution in [0.1, 0.15) is 19.9 Å². The Morgan fingerprint density at radius 2 is 1.74 bits per heavy atom. The van der Waals surface area contributed by atoms with Crippen molar-refractivity contribution in [2.24, 2.45) is 0 Å². The van der Waals surface area contributed by atoms with Gasteiger partial charge in [-0.3, -0.25) is 4.90 Å². The van der Waals surface area contributed by atoms with Crippen LogP contribution in [0.5, 0.6) is 17.2 Å². The van der Waals surface area contributed by atoms with Gasteiger partial charge >= 0.3 is 0 Å². The number of hydrogen-bond donors (Lipinski definition) is 2. The third kappa shape index (κ3) is 5.10. The van der Waals surface area contributed by atoms with E-state index in [0.29, 0.717) is 34.5 Å². The molecule has 0 amide bonds. The molecule has 184 valence electrons. The van der Waals surface area contributed by atoms with E-state index in [1.807, 2.05) is 16.7 Å². The molecule has 0 aliphatic carbocycles. The SMILES string of the molecule is COc1cc(Nc2nc(NCCN3CCOCC3)nc3c2ncn3C(C)C)cc(OC)c1OC. The predicted octanol–water partition coefficient (Wildman–Crippen LogP) is 2.92. The van der Waals surface area contributed by atoms with Gasteiger partial charge in [-0.2, -0.15) is 9.97 Å². The lowest BCUT2D eigenvalue weighted by atomic mass is 10.2. The summed E-state index contributed by atoms with van der Waals surface area (Å²) in [5.74, 6) is 2.75. The Balaban J connectivity index is 1.64. The average Bonchev–Trinajstić information content (AvgIpc) is 3.28. The fourth-order valence-electron chi connectivity index (χ4n) is 3.90. The normalized spacial score (nSPS) is 14.4. The first-order valence-corrected chi connectivity index (χ1v) is 11.4. The van der Waals surface area contributed by atoms with Gasteiger partial charge in [0.15, 0.2) is 28.5 Å². The largest absolute Gasteiger partial charge is 0.493 e. The van der Waals surface area contributed by atoms with Gasteiger partial charge in [-0.1, -0.05) is 0 Å². The minimum Gasteiger partial charge on any atom is -0.493 e. The second kappa shape index (κ2) is 10.7. The number of nitrogens with zero attached hydrogens (tertiary/aromatic N) is 5. The summed E-state index contributed by atoms with van der Waals surface area (Å²) in [6.45, 7) is 9.25. The summed E-state index contributed by atoms with van der Waals surface area (Å²) in [7, 11) is 4.75. The van der Waals surface area contributed by atoms with Crippen LogP contribution >= 0.6 is 0 Å². The first kappa shape index (κ1) is 23.8. The number of nitrogens with one attached hydrogen (secondary N) is 2. The minimum atomic E-state index is 0.204. The van der Waals surface area contributed by atoms with Crippen LogP contribution in [0.4, 0.5) is 17.5 Å². The number of anilines is 3. The van der Waals surface area contributed by atoms with Gasteiger partial charge in [-0.25, -0.2) is 4.98 Å². The number of hydrogen-bond acceptors (Lipinski definition) is 10. The lowest BCUT2D eigenvalue weighted by Crippen LogP contribution is -2.39. The van der Waals surface area contributed by atoms with Crippen LogP contribution in [0.15, 0.2) is 18.5 Å². The number of ether oxygens (including phenoxy) is 4. The molecule has 1 aromatic carbocycles. The first-order valence-electron chi connectivity index (χ1n) is 11.4. The highest BCUT2D eigenvalue weighted by Crippen LogP contribution is 2.41. The van der Waals surface area contributed by atoms with Crippen molar-refractivity contribution in [3.63, 3.8) is 0 Å². The van der Waals surface area contributed by atoms with Gasteiger partial charge < -0.3 is 34.1 Å². The molecule has 2 aromatic heterocycles. The number of imidazole rings is 1. The third-order valence-electron chi connectivity index (χ3n) is 5.72. The maximum Gasteiger partial charge on any atom is 0.226 e. The minimum absolute atomic E-state index is 0.204. The fraction of sp³-hybridized carbons (Fsp3) is 0.522. The summed E-state index contributed by atoms with van der Waals surface area (Å²) in [4.78, 5) is 16.5. The molecule has 0 bridgehead atoms. The Bertz CT molecular complexity index is 1090. The summed E-state index contributed by atoms with van der Waals surface area (Å²) in [5, 5.41) is 6.75. The van der Waals surface area contributed by atoms with E-state index in [1.165, 1.54) is 0 Å². The van der Waals surface area contributed by atoms with Crippen molar-refractivity contribution in [1.82, 2.24) is 24.4 Å². The summed E-state index contributed by atoms with van der Waals surface area (Å²) in [6, 6.07) is 3.87. The van der Waals surface area contributed by atoms with Crippen molar-refractivity contribution in [2.75, 3.05) is 71.4 Å². The number of benzene rings is 1. The molecule has 0 spiro atoms. The Kier molecular flexibility index (Phi) is 7.53. The maximum absolute atomic E-state index is 5.49. The van der Waals surface area contributed by atoms with Crippen molar-refractivity contribution in [1.29, 1.82) is 0 Å². The van der Waals surface area contributed by atoms with Gasteiger partial charge in [0.2, 0.25) is 11.7 Å². The van der Waals surface area contributed by atoms with Crippen LogP contribution in [0.2, 0.25) is 0 Å². The van der Waals surface area contributed by atoms with E-state index in [9.17, 15) is 0 Å². The summed E-state index contributed by atoms with van der Waals surface area (Å²) < 4.78 is 23.9. The molecule has 34 heavy (non-hydrogen) atoms. The zero-order valence-electron chi connectivity index (χ0n) is 20.4. The van der Waals surface area contributed by atoms with Gasteiger partial charge in [0, 0.05) is 50.0 Å². The second-order valence-electron chi connectivity index (χ2n) is 8.23. The molecule has 1 fully saturated rings. The lowest BCUT2D eigenvalue weighted by molar-refractivity contribution is 0.0398. The van der Waals surface area contributed by atoms with E-state index < -0.39 is 0 Å². The average molecular weight is 472 g/mol.